The van der Waals surface area contributed by atoms with Crippen LogP contribution in [0.25, 0.3) is 0 Å². The highest BCUT2D eigenvalue weighted by atomic mass is 32.2. The van der Waals surface area contributed by atoms with Crippen molar-refractivity contribution in [1.29, 1.82) is 0 Å². The first-order valence-corrected chi connectivity index (χ1v) is 14.8. The second kappa shape index (κ2) is 14.3. The quantitative estimate of drug-likeness (QED) is 0.115. The Morgan fingerprint density at radius 2 is 1.50 bits per heavy atom. The van der Waals surface area contributed by atoms with Crippen molar-refractivity contribution in [2.75, 3.05) is 63.8 Å². The van der Waals surface area contributed by atoms with Crippen molar-refractivity contribution in [2.24, 2.45) is 0 Å². The van der Waals surface area contributed by atoms with Gasteiger partial charge in [0.1, 0.15) is 6.04 Å². The summed E-state index contributed by atoms with van der Waals surface area (Å²) in [5, 5.41) is 5.28. The second-order valence-corrected chi connectivity index (χ2v) is 11.2. The summed E-state index contributed by atoms with van der Waals surface area (Å²) in [5.74, 6) is -2.23. The Kier molecular flexibility index (Phi) is 10.6. The van der Waals surface area contributed by atoms with Crippen LogP contribution in [0.1, 0.15) is 33.6 Å². The molecule has 1 saturated heterocycles. The molecule has 0 bridgehead atoms. The van der Waals surface area contributed by atoms with Gasteiger partial charge in [-0.05, 0) is 42.8 Å². The van der Waals surface area contributed by atoms with Gasteiger partial charge in [0.25, 0.3) is 11.8 Å². The van der Waals surface area contributed by atoms with Crippen LogP contribution in [0.5, 0.6) is 0 Å². The molecule has 1 fully saturated rings. The van der Waals surface area contributed by atoms with Gasteiger partial charge in [-0.2, -0.15) is 0 Å². The molecule has 4 rings (SSSR count). The number of sulfonamides is 1. The fourth-order valence-electron chi connectivity index (χ4n) is 4.44. The molecular weight excluding hydrogens is 570 g/mol. The number of amides is 4. The molecule has 0 aliphatic carbocycles. The Bertz CT molecular complexity index is 1420. The average Bonchev–Trinajstić information content (AvgIpc) is 3.21. The highest BCUT2D eigenvalue weighted by Crippen LogP contribution is 2.32. The maximum Gasteiger partial charge on any atom is 0.264 e. The number of fused-ring (bicyclic) bond motifs is 1. The number of benzene rings is 2. The molecule has 2 heterocycles. The van der Waals surface area contributed by atoms with Gasteiger partial charge in [-0.25, -0.2) is 13.1 Å². The summed E-state index contributed by atoms with van der Waals surface area (Å²) in [4.78, 5) is 50.8. The van der Waals surface area contributed by atoms with Gasteiger partial charge in [-0.1, -0.05) is 6.07 Å². The summed E-state index contributed by atoms with van der Waals surface area (Å²) in [6.07, 6.45) is 0.146. The number of nitrogens with zero attached hydrogens (tertiary/aromatic N) is 1. The molecule has 1 unspecified atom stereocenters. The number of anilines is 2. The number of rotatable bonds is 16. The molecule has 226 valence electrons. The van der Waals surface area contributed by atoms with E-state index >= 15 is 0 Å². The van der Waals surface area contributed by atoms with Crippen molar-refractivity contribution in [3.05, 3.63) is 53.6 Å². The Morgan fingerprint density at radius 3 is 2.17 bits per heavy atom. The number of nitrogen functional groups attached to an aromatic ring is 1. The predicted octanol–water partition coefficient (Wildman–Crippen LogP) is 0.110. The first-order chi connectivity index (χ1) is 20.2. The minimum atomic E-state index is -3.62. The van der Waals surface area contributed by atoms with Crippen molar-refractivity contribution in [3.8, 4) is 0 Å². The fraction of sp³-hybridized carbons (Fsp3) is 0.407. The van der Waals surface area contributed by atoms with Gasteiger partial charge in [0.05, 0.1) is 55.7 Å². The molecule has 15 heteroatoms. The fourth-order valence-corrected chi connectivity index (χ4v) is 5.45. The number of carbonyl (C=O) groups excluding carboxylic acids is 4. The molecular formula is C27H33N5O9S. The Labute approximate surface area is 242 Å². The van der Waals surface area contributed by atoms with Crippen LogP contribution in [0.15, 0.2) is 47.4 Å². The Morgan fingerprint density at radius 1 is 0.857 bits per heavy atom. The summed E-state index contributed by atoms with van der Waals surface area (Å²) >= 11 is 0. The van der Waals surface area contributed by atoms with E-state index in [1.807, 2.05) is 0 Å². The normalized spacial score (nSPS) is 17.0. The maximum atomic E-state index is 13.1. The van der Waals surface area contributed by atoms with E-state index in [4.69, 9.17) is 19.9 Å². The molecule has 2 aliphatic heterocycles. The molecule has 2 aromatic carbocycles. The smallest absolute Gasteiger partial charge is 0.264 e. The van der Waals surface area contributed by atoms with Crippen molar-refractivity contribution >= 4 is 45.0 Å². The number of nitrogens with two attached hydrogens (primary N) is 1. The van der Waals surface area contributed by atoms with Gasteiger partial charge in [-0.3, -0.25) is 29.4 Å². The van der Waals surface area contributed by atoms with Crippen LogP contribution in [0.2, 0.25) is 0 Å². The lowest BCUT2D eigenvalue weighted by Gasteiger charge is -2.27. The van der Waals surface area contributed by atoms with Gasteiger partial charge in [0.2, 0.25) is 21.8 Å². The second-order valence-electron chi connectivity index (χ2n) is 9.41. The van der Waals surface area contributed by atoms with Crippen LogP contribution in [0.4, 0.5) is 11.4 Å². The van der Waals surface area contributed by atoms with E-state index in [9.17, 15) is 27.6 Å². The molecule has 2 aromatic rings. The number of hydrogen-bond donors (Lipinski definition) is 4. The minimum Gasteiger partial charge on any atom is -0.399 e. The highest BCUT2D eigenvalue weighted by Gasteiger charge is 2.45. The van der Waals surface area contributed by atoms with Crippen LogP contribution in [-0.4, -0.2) is 95.7 Å². The topological polar surface area (TPSA) is 195 Å². The van der Waals surface area contributed by atoms with Gasteiger partial charge >= 0.3 is 0 Å². The summed E-state index contributed by atoms with van der Waals surface area (Å²) in [7, 11) is -3.62. The largest absolute Gasteiger partial charge is 0.399 e. The van der Waals surface area contributed by atoms with Gasteiger partial charge in [0, 0.05) is 30.9 Å². The number of carbonyl (C=O) groups is 4. The molecule has 1 atom stereocenters. The third kappa shape index (κ3) is 7.68. The van der Waals surface area contributed by atoms with E-state index in [0.717, 1.165) is 4.90 Å². The molecule has 0 aromatic heterocycles. The van der Waals surface area contributed by atoms with E-state index in [1.165, 1.54) is 30.3 Å². The van der Waals surface area contributed by atoms with Gasteiger partial charge in [-0.15, -0.1) is 0 Å². The van der Waals surface area contributed by atoms with Crippen LogP contribution < -0.4 is 21.1 Å². The number of piperidine rings is 1. The monoisotopic (exact) mass is 603 g/mol. The molecule has 2 aliphatic rings. The van der Waals surface area contributed by atoms with Crippen LogP contribution in [0, 0.1) is 0 Å². The zero-order valence-corrected chi connectivity index (χ0v) is 23.6. The zero-order valence-electron chi connectivity index (χ0n) is 22.8. The Hall–Kier alpha value is -3.89. The van der Waals surface area contributed by atoms with E-state index in [-0.39, 0.29) is 48.6 Å². The third-order valence-corrected chi connectivity index (χ3v) is 7.98. The van der Waals surface area contributed by atoms with Crippen molar-refractivity contribution in [2.45, 2.75) is 23.8 Å². The lowest BCUT2D eigenvalue weighted by Crippen LogP contribution is -2.54. The number of ether oxygens (including phenoxy) is 3. The molecule has 14 nitrogen and oxygen atoms in total. The van der Waals surface area contributed by atoms with Crippen LogP contribution >= 0.6 is 0 Å². The summed E-state index contributed by atoms with van der Waals surface area (Å²) < 4.78 is 43.1. The Balaban J connectivity index is 1.07. The molecule has 0 radical (unpaired) electrons. The molecule has 5 N–H and O–H groups in total. The average molecular weight is 604 g/mol. The van der Waals surface area contributed by atoms with E-state index < -0.39 is 39.7 Å². The summed E-state index contributed by atoms with van der Waals surface area (Å²) in [6, 6.07) is 9.72. The predicted molar refractivity (Wildman–Crippen MR) is 150 cm³/mol. The first-order valence-electron chi connectivity index (χ1n) is 13.4. The minimum absolute atomic E-state index is 0.0545. The standard InChI is InChI=1S/C27H33N5O9S/c28-18-4-6-19(7-5-18)42(37,38)30-11-13-40-15-17-41-16-14-39-12-10-29-21-3-1-2-20-24(21)27(36)32(26(20)35)22-8-9-23(33)31-25(22)34/h1-7,22,29-30H,8-17,28H2,(H,31,33,34). The maximum absolute atomic E-state index is 13.1. The first kappa shape index (κ1) is 31.1. The van der Waals surface area contributed by atoms with E-state index in [0.29, 0.717) is 44.3 Å². The van der Waals surface area contributed by atoms with Crippen molar-refractivity contribution in [1.82, 2.24) is 14.9 Å². The molecule has 0 spiro atoms. The van der Waals surface area contributed by atoms with Gasteiger partial charge < -0.3 is 25.3 Å². The van der Waals surface area contributed by atoms with Crippen molar-refractivity contribution in [3.63, 3.8) is 0 Å². The summed E-state index contributed by atoms with van der Waals surface area (Å²) in [5.41, 5.74) is 6.89. The molecule has 42 heavy (non-hydrogen) atoms. The van der Waals surface area contributed by atoms with Gasteiger partial charge in [0.15, 0.2) is 0 Å². The number of imide groups is 2. The SMILES string of the molecule is Nc1ccc(S(=O)(=O)NCCOCCOCCOCCNc2cccc3c2C(=O)N(C2CCC(=O)NC2=O)C3=O)cc1. The zero-order chi connectivity index (χ0) is 30.1. The van der Waals surface area contributed by atoms with Crippen molar-refractivity contribution < 1.29 is 41.8 Å². The number of nitrogens with one attached hydrogen (secondary N) is 3. The number of hydrogen-bond acceptors (Lipinski definition) is 11. The van der Waals surface area contributed by atoms with E-state index in [2.05, 4.69) is 15.4 Å². The lowest BCUT2D eigenvalue weighted by molar-refractivity contribution is -0.136. The lowest BCUT2D eigenvalue weighted by atomic mass is 10.0. The third-order valence-electron chi connectivity index (χ3n) is 6.50. The highest BCUT2D eigenvalue weighted by molar-refractivity contribution is 7.89. The van der Waals surface area contributed by atoms with Crippen LogP contribution in [-0.2, 0) is 33.8 Å². The van der Waals surface area contributed by atoms with Crippen LogP contribution in [0.3, 0.4) is 0 Å². The molecule has 0 saturated carbocycles. The summed E-state index contributed by atoms with van der Waals surface area (Å²) in [6.45, 7) is 2.18. The van der Waals surface area contributed by atoms with E-state index in [1.54, 1.807) is 12.1 Å². The molecule has 4 amide bonds.